The molecule has 1 amide bonds. The van der Waals surface area contributed by atoms with E-state index in [1.807, 2.05) is 6.92 Å². The molecule has 1 saturated carbocycles. The van der Waals surface area contributed by atoms with Gasteiger partial charge >= 0.3 is 0 Å². The molecule has 0 radical (unpaired) electrons. The maximum absolute atomic E-state index is 12.9. The Morgan fingerprint density at radius 1 is 0.966 bits per heavy atom. The molecular formula is C23H30N2O3S. The maximum Gasteiger partial charge on any atom is 0.264 e. The second-order valence-corrected chi connectivity index (χ2v) is 9.77. The lowest BCUT2D eigenvalue weighted by Crippen LogP contribution is -2.35. The molecule has 0 aliphatic heterocycles. The second-order valence-electron chi connectivity index (χ2n) is 7.80. The van der Waals surface area contributed by atoms with Gasteiger partial charge in [0.2, 0.25) is 0 Å². The normalized spacial score (nSPS) is 15.9. The third kappa shape index (κ3) is 5.18. The second kappa shape index (κ2) is 9.44. The molecule has 1 aliphatic rings. The van der Waals surface area contributed by atoms with Crippen molar-refractivity contribution < 1.29 is 13.2 Å². The first-order chi connectivity index (χ1) is 13.9. The lowest BCUT2D eigenvalue weighted by atomic mass is 9.96. The first-order valence-corrected chi connectivity index (χ1v) is 11.8. The molecule has 0 bridgehead atoms. The van der Waals surface area contributed by atoms with E-state index in [1.54, 1.807) is 55.6 Å². The fraction of sp³-hybridized carbons (Fsp3) is 0.435. The van der Waals surface area contributed by atoms with E-state index in [9.17, 15) is 13.2 Å². The van der Waals surface area contributed by atoms with Gasteiger partial charge < -0.3 is 5.32 Å². The van der Waals surface area contributed by atoms with Gasteiger partial charge in [0.1, 0.15) is 0 Å². The first kappa shape index (κ1) is 21.4. The van der Waals surface area contributed by atoms with Crippen LogP contribution in [0.15, 0.2) is 53.4 Å². The lowest BCUT2D eigenvalue weighted by Gasteiger charge is -2.23. The topological polar surface area (TPSA) is 66.5 Å². The monoisotopic (exact) mass is 414 g/mol. The summed E-state index contributed by atoms with van der Waals surface area (Å²) in [7, 11) is -2.10. The van der Waals surface area contributed by atoms with Gasteiger partial charge in [0.15, 0.2) is 0 Å². The first-order valence-electron chi connectivity index (χ1n) is 10.3. The molecule has 156 valence electrons. The molecule has 0 atom stereocenters. The van der Waals surface area contributed by atoms with Crippen molar-refractivity contribution in [2.24, 2.45) is 0 Å². The molecule has 0 heterocycles. The van der Waals surface area contributed by atoms with Gasteiger partial charge in [0.25, 0.3) is 15.9 Å². The highest BCUT2D eigenvalue weighted by Gasteiger charge is 2.23. The number of nitrogens with one attached hydrogen (secondary N) is 1. The van der Waals surface area contributed by atoms with Gasteiger partial charge in [-0.05, 0) is 55.7 Å². The SMILES string of the molecule is Cc1cc(C(=O)NC2CCCCCCC2)ccc1N(C)S(=O)(=O)c1ccccc1. The summed E-state index contributed by atoms with van der Waals surface area (Å²) in [4.78, 5) is 13.0. The van der Waals surface area contributed by atoms with Crippen LogP contribution in [0, 0.1) is 6.92 Å². The Balaban J connectivity index is 1.75. The van der Waals surface area contributed by atoms with Crippen LogP contribution in [0.4, 0.5) is 5.69 Å². The van der Waals surface area contributed by atoms with Crippen LogP contribution in [0.1, 0.15) is 60.9 Å². The Kier molecular flexibility index (Phi) is 6.96. The molecule has 1 aliphatic carbocycles. The van der Waals surface area contributed by atoms with Crippen LogP contribution in [0.2, 0.25) is 0 Å². The minimum absolute atomic E-state index is 0.0845. The Morgan fingerprint density at radius 3 is 2.21 bits per heavy atom. The van der Waals surface area contributed by atoms with E-state index in [0.717, 1.165) is 31.2 Å². The predicted molar refractivity (Wildman–Crippen MR) is 117 cm³/mol. The van der Waals surface area contributed by atoms with E-state index in [0.29, 0.717) is 11.3 Å². The summed E-state index contributed by atoms with van der Waals surface area (Å²) in [6.45, 7) is 1.83. The zero-order chi connectivity index (χ0) is 20.9. The van der Waals surface area contributed by atoms with Crippen LogP contribution in [-0.2, 0) is 10.0 Å². The lowest BCUT2D eigenvalue weighted by molar-refractivity contribution is 0.0930. The van der Waals surface area contributed by atoms with Gasteiger partial charge in [-0.25, -0.2) is 8.42 Å². The van der Waals surface area contributed by atoms with Crippen molar-refractivity contribution >= 4 is 21.6 Å². The summed E-state index contributed by atoms with van der Waals surface area (Å²) in [6, 6.07) is 13.8. The number of amides is 1. The largest absolute Gasteiger partial charge is 0.349 e. The molecule has 3 rings (SSSR count). The number of nitrogens with zero attached hydrogens (tertiary/aromatic N) is 1. The van der Waals surface area contributed by atoms with Crippen LogP contribution < -0.4 is 9.62 Å². The molecule has 0 saturated heterocycles. The number of anilines is 1. The number of benzene rings is 2. The zero-order valence-electron chi connectivity index (χ0n) is 17.2. The fourth-order valence-corrected chi connectivity index (χ4v) is 5.18. The van der Waals surface area contributed by atoms with Crippen LogP contribution in [0.25, 0.3) is 0 Å². The van der Waals surface area contributed by atoms with Gasteiger partial charge in [-0.1, -0.05) is 50.3 Å². The van der Waals surface area contributed by atoms with Crippen molar-refractivity contribution in [3.8, 4) is 0 Å². The van der Waals surface area contributed by atoms with Crippen molar-refractivity contribution in [3.63, 3.8) is 0 Å². The highest BCUT2D eigenvalue weighted by Crippen LogP contribution is 2.26. The molecule has 1 N–H and O–H groups in total. The smallest absolute Gasteiger partial charge is 0.264 e. The van der Waals surface area contributed by atoms with Crippen LogP contribution >= 0.6 is 0 Å². The molecule has 0 aromatic heterocycles. The van der Waals surface area contributed by atoms with Crippen molar-refractivity contribution in [2.45, 2.75) is 62.8 Å². The number of aryl methyl sites for hydroxylation is 1. The average molecular weight is 415 g/mol. The van der Waals surface area contributed by atoms with Gasteiger partial charge in [0.05, 0.1) is 10.6 Å². The van der Waals surface area contributed by atoms with Crippen molar-refractivity contribution in [3.05, 3.63) is 59.7 Å². The number of hydrogen-bond acceptors (Lipinski definition) is 3. The standard InChI is InChI=1S/C23H30N2O3S/c1-18-17-19(23(26)24-20-11-7-4-3-5-8-12-20)15-16-22(18)25(2)29(27,28)21-13-9-6-10-14-21/h6,9-10,13-17,20H,3-5,7-8,11-12H2,1-2H3,(H,24,26). The third-order valence-corrected chi connectivity index (χ3v) is 7.43. The Bertz CT molecular complexity index is 934. The number of rotatable bonds is 5. The third-order valence-electron chi connectivity index (χ3n) is 5.64. The molecular weight excluding hydrogens is 384 g/mol. The predicted octanol–water partition coefficient (Wildman–Crippen LogP) is 4.66. The summed E-state index contributed by atoms with van der Waals surface area (Å²) >= 11 is 0. The van der Waals surface area contributed by atoms with Gasteiger partial charge in [-0.3, -0.25) is 9.10 Å². The number of carbonyl (C=O) groups excluding carboxylic acids is 1. The fourth-order valence-electron chi connectivity index (χ4n) is 3.90. The molecule has 0 spiro atoms. The highest BCUT2D eigenvalue weighted by molar-refractivity contribution is 7.92. The van der Waals surface area contributed by atoms with E-state index in [4.69, 9.17) is 0 Å². The quantitative estimate of drug-likeness (QED) is 0.774. The molecule has 29 heavy (non-hydrogen) atoms. The van der Waals surface area contributed by atoms with E-state index >= 15 is 0 Å². The maximum atomic E-state index is 12.9. The highest BCUT2D eigenvalue weighted by atomic mass is 32.2. The van der Waals surface area contributed by atoms with Crippen LogP contribution in [0.3, 0.4) is 0 Å². The number of sulfonamides is 1. The van der Waals surface area contributed by atoms with Crippen molar-refractivity contribution in [1.29, 1.82) is 0 Å². The van der Waals surface area contributed by atoms with E-state index in [-0.39, 0.29) is 16.8 Å². The Labute approximate surface area is 174 Å². The van der Waals surface area contributed by atoms with Crippen molar-refractivity contribution in [1.82, 2.24) is 5.32 Å². The summed E-state index contributed by atoms with van der Waals surface area (Å²) < 4.78 is 27.0. The van der Waals surface area contributed by atoms with Crippen molar-refractivity contribution in [2.75, 3.05) is 11.4 Å². The number of carbonyl (C=O) groups is 1. The molecule has 2 aromatic rings. The van der Waals surface area contributed by atoms with Crippen LogP contribution in [0.5, 0.6) is 0 Å². The average Bonchev–Trinajstić information content (AvgIpc) is 2.70. The molecule has 5 nitrogen and oxygen atoms in total. The Morgan fingerprint density at radius 2 is 1.59 bits per heavy atom. The minimum atomic E-state index is -3.65. The molecule has 6 heteroatoms. The summed E-state index contributed by atoms with van der Waals surface area (Å²) in [5, 5.41) is 3.16. The van der Waals surface area contributed by atoms with Crippen LogP contribution in [-0.4, -0.2) is 27.4 Å². The number of hydrogen-bond donors (Lipinski definition) is 1. The van der Waals surface area contributed by atoms with Gasteiger partial charge in [-0.15, -0.1) is 0 Å². The Hall–Kier alpha value is -2.34. The summed E-state index contributed by atoms with van der Waals surface area (Å²) in [5.74, 6) is -0.0845. The zero-order valence-corrected chi connectivity index (χ0v) is 18.0. The molecule has 1 fully saturated rings. The summed E-state index contributed by atoms with van der Waals surface area (Å²) in [5.41, 5.74) is 1.88. The minimum Gasteiger partial charge on any atom is -0.349 e. The van der Waals surface area contributed by atoms with E-state index < -0.39 is 10.0 Å². The van der Waals surface area contributed by atoms with E-state index in [1.165, 1.54) is 23.6 Å². The molecule has 2 aromatic carbocycles. The molecule has 0 unspecified atom stereocenters. The van der Waals surface area contributed by atoms with Gasteiger partial charge in [-0.2, -0.15) is 0 Å². The summed E-state index contributed by atoms with van der Waals surface area (Å²) in [6.07, 6.45) is 8.14. The van der Waals surface area contributed by atoms with Gasteiger partial charge in [0, 0.05) is 18.7 Å². The van der Waals surface area contributed by atoms with E-state index in [2.05, 4.69) is 5.32 Å².